The Morgan fingerprint density at radius 2 is 1.65 bits per heavy atom. The molecule has 20 heavy (non-hydrogen) atoms. The van der Waals surface area contributed by atoms with Crippen molar-refractivity contribution in [1.82, 2.24) is 0 Å². The van der Waals surface area contributed by atoms with Crippen LogP contribution < -0.4 is 0 Å². The summed E-state index contributed by atoms with van der Waals surface area (Å²) in [6, 6.07) is 12.8. The van der Waals surface area contributed by atoms with Crippen molar-refractivity contribution >= 4 is 27.5 Å². The van der Waals surface area contributed by atoms with Crippen molar-refractivity contribution in [3.63, 3.8) is 0 Å². The Balaban J connectivity index is 2.34. The zero-order valence-corrected chi connectivity index (χ0v) is 14.1. The third kappa shape index (κ3) is 3.42. The minimum Gasteiger partial charge on any atom is -0.207 e. The number of benzene rings is 2. The van der Waals surface area contributed by atoms with Crippen LogP contribution in [0.3, 0.4) is 0 Å². The van der Waals surface area contributed by atoms with Gasteiger partial charge in [0, 0.05) is 4.47 Å². The van der Waals surface area contributed by atoms with Crippen LogP contribution in [-0.2, 0) is 5.41 Å². The second-order valence-corrected chi connectivity index (χ2v) is 7.19. The number of halogens is 3. The summed E-state index contributed by atoms with van der Waals surface area (Å²) >= 11 is 9.90. The van der Waals surface area contributed by atoms with Crippen molar-refractivity contribution in [3.05, 3.63) is 69.4 Å². The van der Waals surface area contributed by atoms with E-state index in [9.17, 15) is 4.39 Å². The lowest BCUT2D eigenvalue weighted by Crippen LogP contribution is -2.10. The summed E-state index contributed by atoms with van der Waals surface area (Å²) in [6.45, 7) is 6.51. The Kier molecular flexibility index (Phi) is 4.55. The molecule has 2 aromatic carbocycles. The predicted octanol–water partition coefficient (Wildman–Crippen LogP) is 6.21. The van der Waals surface area contributed by atoms with Crippen molar-refractivity contribution in [2.24, 2.45) is 0 Å². The van der Waals surface area contributed by atoms with E-state index in [0.29, 0.717) is 0 Å². The second kappa shape index (κ2) is 5.87. The summed E-state index contributed by atoms with van der Waals surface area (Å²) in [5, 5.41) is -0.367. The quantitative estimate of drug-likeness (QED) is 0.561. The molecule has 0 aromatic heterocycles. The molecule has 2 aromatic rings. The van der Waals surface area contributed by atoms with Crippen LogP contribution in [0.15, 0.2) is 46.9 Å². The lowest BCUT2D eigenvalue weighted by Gasteiger charge is -2.20. The van der Waals surface area contributed by atoms with Gasteiger partial charge in [0.25, 0.3) is 0 Å². The van der Waals surface area contributed by atoms with Crippen molar-refractivity contribution in [1.29, 1.82) is 0 Å². The fourth-order valence-corrected chi connectivity index (χ4v) is 2.97. The molecule has 0 aliphatic heterocycles. The highest BCUT2D eigenvalue weighted by atomic mass is 79.9. The Labute approximate surface area is 133 Å². The zero-order valence-electron chi connectivity index (χ0n) is 11.8. The van der Waals surface area contributed by atoms with Gasteiger partial charge in [-0.3, -0.25) is 0 Å². The zero-order chi connectivity index (χ0) is 14.9. The first-order valence-corrected chi connectivity index (χ1v) is 7.71. The maximum atomic E-state index is 13.4. The SMILES string of the molecule is CC(C)(C)c1ccc(C(Cl)c2cc(F)ccc2Br)cc1. The highest BCUT2D eigenvalue weighted by molar-refractivity contribution is 9.10. The van der Waals surface area contributed by atoms with Crippen LogP contribution in [0.2, 0.25) is 0 Å². The van der Waals surface area contributed by atoms with Crippen molar-refractivity contribution < 1.29 is 4.39 Å². The summed E-state index contributed by atoms with van der Waals surface area (Å²) in [6.07, 6.45) is 0. The van der Waals surface area contributed by atoms with Gasteiger partial charge in [-0.2, -0.15) is 0 Å². The van der Waals surface area contributed by atoms with Gasteiger partial charge in [-0.25, -0.2) is 4.39 Å². The molecule has 0 fully saturated rings. The van der Waals surface area contributed by atoms with Crippen LogP contribution in [0, 0.1) is 5.82 Å². The van der Waals surface area contributed by atoms with E-state index in [0.717, 1.165) is 15.6 Å². The summed E-state index contributed by atoms with van der Waals surface area (Å²) in [5.74, 6) is -0.278. The van der Waals surface area contributed by atoms with Gasteiger partial charge < -0.3 is 0 Å². The molecule has 0 aliphatic rings. The third-order valence-electron chi connectivity index (χ3n) is 3.30. The minimum absolute atomic E-state index is 0.111. The molecule has 0 nitrogen and oxygen atoms in total. The molecule has 0 saturated carbocycles. The van der Waals surface area contributed by atoms with Crippen LogP contribution in [-0.4, -0.2) is 0 Å². The van der Waals surface area contributed by atoms with Crippen molar-refractivity contribution in [2.75, 3.05) is 0 Å². The Bertz CT molecular complexity index is 599. The Morgan fingerprint density at radius 1 is 1.05 bits per heavy atom. The molecular formula is C17H17BrClF. The predicted molar refractivity (Wildman–Crippen MR) is 86.9 cm³/mol. The van der Waals surface area contributed by atoms with Crippen LogP contribution in [0.1, 0.15) is 42.8 Å². The van der Waals surface area contributed by atoms with E-state index in [1.54, 1.807) is 6.07 Å². The van der Waals surface area contributed by atoms with Gasteiger partial charge in [0.05, 0.1) is 5.38 Å². The van der Waals surface area contributed by atoms with Gasteiger partial charge in [-0.1, -0.05) is 61.0 Å². The van der Waals surface area contributed by atoms with Crippen LogP contribution in [0.4, 0.5) is 4.39 Å². The molecule has 2 rings (SSSR count). The van der Waals surface area contributed by atoms with Gasteiger partial charge in [0.1, 0.15) is 5.82 Å². The lowest BCUT2D eigenvalue weighted by atomic mass is 9.86. The van der Waals surface area contributed by atoms with Crippen molar-refractivity contribution in [3.8, 4) is 0 Å². The van der Waals surface area contributed by atoms with Crippen LogP contribution in [0.5, 0.6) is 0 Å². The Morgan fingerprint density at radius 3 is 2.20 bits per heavy atom. The first-order valence-electron chi connectivity index (χ1n) is 6.48. The maximum absolute atomic E-state index is 13.4. The van der Waals surface area contributed by atoms with E-state index in [-0.39, 0.29) is 16.6 Å². The number of rotatable bonds is 2. The van der Waals surface area contributed by atoms with Gasteiger partial charge in [-0.15, -0.1) is 11.6 Å². The summed E-state index contributed by atoms with van der Waals surface area (Å²) in [5.41, 5.74) is 3.07. The highest BCUT2D eigenvalue weighted by Gasteiger charge is 2.17. The van der Waals surface area contributed by atoms with Gasteiger partial charge in [0.2, 0.25) is 0 Å². The van der Waals surface area contributed by atoms with E-state index in [4.69, 9.17) is 11.6 Å². The molecule has 0 aliphatic carbocycles. The first-order chi connectivity index (χ1) is 9.29. The highest BCUT2D eigenvalue weighted by Crippen LogP contribution is 2.35. The molecule has 0 bridgehead atoms. The standard InChI is InChI=1S/C17H17BrClF/c1-17(2,3)12-6-4-11(5-7-12)16(19)14-10-13(20)8-9-15(14)18/h4-10,16H,1-3H3. The summed E-state index contributed by atoms with van der Waals surface area (Å²) in [4.78, 5) is 0. The monoisotopic (exact) mass is 354 g/mol. The molecule has 0 amide bonds. The average molecular weight is 356 g/mol. The molecule has 0 saturated heterocycles. The largest absolute Gasteiger partial charge is 0.207 e. The van der Waals surface area contributed by atoms with E-state index in [2.05, 4.69) is 48.8 Å². The lowest BCUT2D eigenvalue weighted by molar-refractivity contribution is 0.590. The smallest absolute Gasteiger partial charge is 0.123 e. The second-order valence-electron chi connectivity index (χ2n) is 5.90. The minimum atomic E-state index is -0.367. The van der Waals surface area contributed by atoms with Gasteiger partial charge in [-0.05, 0) is 40.3 Å². The van der Waals surface area contributed by atoms with Crippen LogP contribution in [0.25, 0.3) is 0 Å². The fourth-order valence-electron chi connectivity index (χ4n) is 2.04. The Hall–Kier alpha value is -0.860. The fraction of sp³-hybridized carbons (Fsp3) is 0.294. The van der Waals surface area contributed by atoms with E-state index >= 15 is 0 Å². The average Bonchev–Trinajstić information content (AvgIpc) is 2.40. The normalized spacial score (nSPS) is 13.3. The molecule has 0 heterocycles. The van der Waals surface area contributed by atoms with E-state index in [1.807, 2.05) is 12.1 Å². The molecule has 1 atom stereocenters. The summed E-state index contributed by atoms with van der Waals surface area (Å²) < 4.78 is 14.2. The van der Waals surface area contributed by atoms with Crippen molar-refractivity contribution in [2.45, 2.75) is 31.6 Å². The number of alkyl halides is 1. The van der Waals surface area contributed by atoms with E-state index < -0.39 is 0 Å². The molecule has 106 valence electrons. The number of hydrogen-bond acceptors (Lipinski definition) is 0. The topological polar surface area (TPSA) is 0 Å². The van der Waals surface area contributed by atoms with Gasteiger partial charge >= 0.3 is 0 Å². The number of hydrogen-bond donors (Lipinski definition) is 0. The molecule has 0 spiro atoms. The molecule has 0 N–H and O–H groups in total. The molecular weight excluding hydrogens is 339 g/mol. The molecule has 0 radical (unpaired) electrons. The third-order valence-corrected chi connectivity index (χ3v) is 4.51. The van der Waals surface area contributed by atoms with Gasteiger partial charge in [0.15, 0.2) is 0 Å². The summed E-state index contributed by atoms with van der Waals surface area (Å²) in [7, 11) is 0. The molecule has 1 unspecified atom stereocenters. The maximum Gasteiger partial charge on any atom is 0.123 e. The molecule has 3 heteroatoms. The first kappa shape index (κ1) is 15.5. The van der Waals surface area contributed by atoms with E-state index in [1.165, 1.54) is 17.7 Å². The van der Waals surface area contributed by atoms with Crippen LogP contribution >= 0.6 is 27.5 Å².